The summed E-state index contributed by atoms with van der Waals surface area (Å²) in [6.45, 7) is 1.09. The van der Waals surface area contributed by atoms with Crippen molar-refractivity contribution in [2.45, 2.75) is 19.1 Å². The van der Waals surface area contributed by atoms with E-state index in [1.165, 1.54) is 23.9 Å². The van der Waals surface area contributed by atoms with Crippen LogP contribution >= 0.6 is 11.3 Å². The van der Waals surface area contributed by atoms with Crippen LogP contribution in [0.25, 0.3) is 11.3 Å². The molecule has 0 saturated carbocycles. The predicted octanol–water partition coefficient (Wildman–Crippen LogP) is 4.37. The van der Waals surface area contributed by atoms with E-state index >= 15 is 0 Å². The van der Waals surface area contributed by atoms with Gasteiger partial charge in [0.05, 0.1) is 5.69 Å². The first-order valence-corrected chi connectivity index (χ1v) is 9.27. The molecule has 0 aliphatic carbocycles. The van der Waals surface area contributed by atoms with E-state index in [-0.39, 0.29) is 11.6 Å². The Hall–Kier alpha value is -2.61. The lowest BCUT2D eigenvalue weighted by Gasteiger charge is -2.28. The molecule has 4 rings (SSSR count). The highest BCUT2D eigenvalue weighted by molar-refractivity contribution is 7.12. The molecule has 1 amide bonds. The standard InChI is InChI=1S/C19H16F3N3OS/c1-24-16(19(20,21)22)10-15(23-24)14-7-9-27-17(14)18(26)25-8-6-12-4-2-3-5-13(12)11-25/h2-5,7,9-10H,6,8,11H2,1H3. The van der Waals surface area contributed by atoms with Crippen molar-refractivity contribution in [2.24, 2.45) is 7.05 Å². The van der Waals surface area contributed by atoms with Crippen molar-refractivity contribution in [3.05, 3.63) is 63.5 Å². The first-order chi connectivity index (χ1) is 12.8. The highest BCUT2D eigenvalue weighted by Gasteiger charge is 2.35. The maximum Gasteiger partial charge on any atom is 0.433 e. The summed E-state index contributed by atoms with van der Waals surface area (Å²) < 4.78 is 40.0. The molecule has 3 heterocycles. The average molecular weight is 391 g/mol. The zero-order valence-corrected chi connectivity index (χ0v) is 15.3. The fourth-order valence-electron chi connectivity index (χ4n) is 3.35. The Balaban J connectivity index is 1.64. The van der Waals surface area contributed by atoms with E-state index in [0.717, 1.165) is 22.7 Å². The highest BCUT2D eigenvalue weighted by Crippen LogP contribution is 2.35. The zero-order valence-electron chi connectivity index (χ0n) is 14.5. The summed E-state index contributed by atoms with van der Waals surface area (Å²) in [5.41, 5.74) is 2.09. The topological polar surface area (TPSA) is 38.1 Å². The van der Waals surface area contributed by atoms with Gasteiger partial charge in [-0.2, -0.15) is 18.3 Å². The molecule has 2 aromatic heterocycles. The van der Waals surface area contributed by atoms with Gasteiger partial charge in [0.25, 0.3) is 5.91 Å². The van der Waals surface area contributed by atoms with E-state index < -0.39 is 11.9 Å². The molecule has 4 nitrogen and oxygen atoms in total. The number of benzene rings is 1. The molecule has 27 heavy (non-hydrogen) atoms. The minimum Gasteiger partial charge on any atom is -0.333 e. The van der Waals surface area contributed by atoms with Gasteiger partial charge in [0.1, 0.15) is 10.6 Å². The molecule has 140 valence electrons. The van der Waals surface area contributed by atoms with Gasteiger partial charge in [-0.1, -0.05) is 24.3 Å². The fraction of sp³-hybridized carbons (Fsp3) is 0.263. The Bertz CT molecular complexity index is 1010. The summed E-state index contributed by atoms with van der Waals surface area (Å²) in [5.74, 6) is -0.172. The van der Waals surface area contributed by atoms with Crippen LogP contribution in [0.2, 0.25) is 0 Å². The van der Waals surface area contributed by atoms with Gasteiger partial charge in [-0.25, -0.2) is 0 Å². The summed E-state index contributed by atoms with van der Waals surface area (Å²) in [4.78, 5) is 15.2. The van der Waals surface area contributed by atoms with Gasteiger partial charge in [-0.15, -0.1) is 11.3 Å². The van der Waals surface area contributed by atoms with Gasteiger partial charge < -0.3 is 4.90 Å². The Labute approximate surface area is 157 Å². The van der Waals surface area contributed by atoms with Crippen LogP contribution in [-0.2, 0) is 26.2 Å². The molecular formula is C19H16F3N3OS. The number of nitrogens with zero attached hydrogens (tertiary/aromatic N) is 3. The number of amides is 1. The Morgan fingerprint density at radius 2 is 1.93 bits per heavy atom. The van der Waals surface area contributed by atoms with Gasteiger partial charge >= 0.3 is 6.18 Å². The highest BCUT2D eigenvalue weighted by atomic mass is 32.1. The second-order valence-electron chi connectivity index (χ2n) is 6.45. The number of hydrogen-bond acceptors (Lipinski definition) is 3. The number of aromatic nitrogens is 2. The van der Waals surface area contributed by atoms with Crippen molar-refractivity contribution in [3.8, 4) is 11.3 Å². The molecule has 0 bridgehead atoms. The van der Waals surface area contributed by atoms with Crippen molar-refractivity contribution < 1.29 is 18.0 Å². The molecule has 1 aliphatic rings. The van der Waals surface area contributed by atoms with Gasteiger partial charge in [-0.05, 0) is 35.1 Å². The number of carbonyl (C=O) groups is 1. The van der Waals surface area contributed by atoms with Crippen LogP contribution in [0.4, 0.5) is 13.2 Å². The summed E-state index contributed by atoms with van der Waals surface area (Å²) in [5, 5.41) is 5.69. The molecule has 3 aromatic rings. The van der Waals surface area contributed by atoms with Crippen molar-refractivity contribution in [1.29, 1.82) is 0 Å². The normalized spacial score (nSPS) is 14.3. The third-order valence-electron chi connectivity index (χ3n) is 4.72. The van der Waals surface area contributed by atoms with Crippen LogP contribution in [0.15, 0.2) is 41.8 Å². The molecule has 0 radical (unpaired) electrons. The van der Waals surface area contributed by atoms with Crippen molar-refractivity contribution in [2.75, 3.05) is 6.54 Å². The number of thiophene rings is 1. The number of aryl methyl sites for hydroxylation is 1. The van der Waals surface area contributed by atoms with Crippen LogP contribution in [0.1, 0.15) is 26.5 Å². The second-order valence-corrected chi connectivity index (χ2v) is 7.36. The minimum absolute atomic E-state index is 0.159. The fourth-order valence-corrected chi connectivity index (χ4v) is 4.22. The number of fused-ring (bicyclic) bond motifs is 1. The quantitative estimate of drug-likeness (QED) is 0.651. The molecule has 8 heteroatoms. The summed E-state index contributed by atoms with van der Waals surface area (Å²) in [7, 11) is 1.25. The van der Waals surface area contributed by atoms with E-state index in [1.54, 1.807) is 16.3 Å². The van der Waals surface area contributed by atoms with Crippen LogP contribution in [0, 0.1) is 0 Å². The molecule has 0 spiro atoms. The first-order valence-electron chi connectivity index (χ1n) is 8.40. The molecule has 1 aliphatic heterocycles. The molecule has 1 aromatic carbocycles. The lowest BCUT2D eigenvalue weighted by Crippen LogP contribution is -2.35. The molecule has 0 N–H and O–H groups in total. The monoisotopic (exact) mass is 391 g/mol. The average Bonchev–Trinajstić information content (AvgIpc) is 3.26. The number of hydrogen-bond donors (Lipinski definition) is 0. The van der Waals surface area contributed by atoms with E-state index in [9.17, 15) is 18.0 Å². The Kier molecular flexibility index (Phi) is 4.30. The maximum atomic E-state index is 13.1. The molecule has 0 saturated heterocycles. The van der Waals surface area contributed by atoms with Crippen molar-refractivity contribution >= 4 is 17.2 Å². The Morgan fingerprint density at radius 3 is 2.63 bits per heavy atom. The van der Waals surface area contributed by atoms with Crippen LogP contribution in [-0.4, -0.2) is 27.1 Å². The first kappa shape index (κ1) is 17.8. The van der Waals surface area contributed by atoms with Crippen molar-refractivity contribution in [1.82, 2.24) is 14.7 Å². The van der Waals surface area contributed by atoms with Crippen LogP contribution in [0.3, 0.4) is 0 Å². The Morgan fingerprint density at radius 1 is 1.19 bits per heavy atom. The molecule has 0 atom stereocenters. The number of carbonyl (C=O) groups excluding carboxylic acids is 1. The van der Waals surface area contributed by atoms with Crippen molar-refractivity contribution in [3.63, 3.8) is 0 Å². The summed E-state index contributed by atoms with van der Waals surface area (Å²) >= 11 is 1.23. The van der Waals surface area contributed by atoms with Gasteiger partial charge in [0, 0.05) is 25.7 Å². The molecule has 0 unspecified atom stereocenters. The number of alkyl halides is 3. The number of rotatable bonds is 2. The third-order valence-corrected chi connectivity index (χ3v) is 5.63. The van der Waals surface area contributed by atoms with E-state index in [0.29, 0.717) is 23.5 Å². The summed E-state index contributed by atoms with van der Waals surface area (Å²) in [6, 6.07) is 10.6. The SMILES string of the molecule is Cn1nc(-c2ccsc2C(=O)N2CCc3ccccc3C2)cc1C(F)(F)F. The lowest BCUT2D eigenvalue weighted by molar-refractivity contribution is -0.143. The lowest BCUT2D eigenvalue weighted by atomic mass is 9.99. The van der Waals surface area contributed by atoms with Crippen LogP contribution < -0.4 is 0 Å². The van der Waals surface area contributed by atoms with E-state index in [1.807, 2.05) is 18.2 Å². The molecular weight excluding hydrogens is 375 g/mol. The number of halogens is 3. The summed E-state index contributed by atoms with van der Waals surface area (Å²) in [6.07, 6.45) is -3.72. The maximum absolute atomic E-state index is 13.1. The second kappa shape index (κ2) is 6.53. The van der Waals surface area contributed by atoms with E-state index in [4.69, 9.17) is 0 Å². The van der Waals surface area contributed by atoms with E-state index in [2.05, 4.69) is 11.2 Å². The third kappa shape index (κ3) is 3.25. The largest absolute Gasteiger partial charge is 0.433 e. The zero-order chi connectivity index (χ0) is 19.2. The van der Waals surface area contributed by atoms with Crippen LogP contribution in [0.5, 0.6) is 0 Å². The molecule has 0 fully saturated rings. The minimum atomic E-state index is -4.49. The van der Waals surface area contributed by atoms with Gasteiger partial charge in [0.2, 0.25) is 0 Å². The van der Waals surface area contributed by atoms with Gasteiger partial charge in [0.15, 0.2) is 0 Å². The smallest absolute Gasteiger partial charge is 0.333 e. The predicted molar refractivity (Wildman–Crippen MR) is 96.4 cm³/mol. The van der Waals surface area contributed by atoms with Gasteiger partial charge in [-0.3, -0.25) is 9.48 Å².